The molecule has 0 spiro atoms. The fourth-order valence-corrected chi connectivity index (χ4v) is 3.19. The van der Waals surface area contributed by atoms with Crippen molar-refractivity contribution in [3.63, 3.8) is 0 Å². The van der Waals surface area contributed by atoms with E-state index in [2.05, 4.69) is 5.10 Å². The molecule has 2 aromatic rings. The first-order valence-electron chi connectivity index (χ1n) is 6.83. The number of halogens is 1. The van der Waals surface area contributed by atoms with Crippen LogP contribution in [-0.4, -0.2) is 55.2 Å². The molecule has 3 rings (SSSR count). The van der Waals surface area contributed by atoms with E-state index in [-0.39, 0.29) is 11.6 Å². The number of nitrogens with two attached hydrogens (primary N) is 1. The lowest BCUT2D eigenvalue weighted by Crippen LogP contribution is -2.47. The van der Waals surface area contributed by atoms with Gasteiger partial charge in [-0.05, 0) is 18.2 Å². The van der Waals surface area contributed by atoms with Crippen molar-refractivity contribution in [3.05, 3.63) is 30.1 Å². The second-order valence-corrected chi connectivity index (χ2v) is 5.77. The molecule has 0 radical (unpaired) electrons. The SMILES string of the molecule is N#C[C@@]1(c2ccc3c(N)ccnn23)O[C@@](CO)(CCl)[C@@H](O)[C@H]1O. The molecule has 3 heterocycles. The van der Waals surface area contributed by atoms with Crippen molar-refractivity contribution < 1.29 is 20.1 Å². The van der Waals surface area contributed by atoms with Gasteiger partial charge in [0.15, 0.2) is 0 Å². The Hall–Kier alpha value is -1.89. The molecule has 0 amide bonds. The van der Waals surface area contributed by atoms with E-state index in [1.165, 1.54) is 16.8 Å². The summed E-state index contributed by atoms with van der Waals surface area (Å²) in [4.78, 5) is 0. The number of nitriles is 1. The molecule has 122 valence electrons. The molecule has 9 heteroatoms. The summed E-state index contributed by atoms with van der Waals surface area (Å²) < 4.78 is 7.01. The van der Waals surface area contributed by atoms with Crippen molar-refractivity contribution in [2.24, 2.45) is 0 Å². The molecule has 1 fully saturated rings. The van der Waals surface area contributed by atoms with E-state index in [0.717, 1.165) is 0 Å². The molecule has 1 aliphatic heterocycles. The number of rotatable bonds is 3. The largest absolute Gasteiger partial charge is 0.397 e. The fraction of sp³-hybridized carbons (Fsp3) is 0.429. The number of nitrogen functional groups attached to an aromatic ring is 1. The van der Waals surface area contributed by atoms with E-state index in [1.807, 2.05) is 6.07 Å². The lowest BCUT2D eigenvalue weighted by atomic mass is 9.89. The number of ether oxygens (including phenoxy) is 1. The topological polar surface area (TPSA) is 137 Å². The Kier molecular flexibility index (Phi) is 3.71. The number of aliphatic hydroxyl groups is 3. The first-order valence-corrected chi connectivity index (χ1v) is 7.36. The predicted molar refractivity (Wildman–Crippen MR) is 80.5 cm³/mol. The summed E-state index contributed by atoms with van der Waals surface area (Å²) in [5.74, 6) is -0.302. The minimum atomic E-state index is -1.94. The Morgan fingerprint density at radius 1 is 1.39 bits per heavy atom. The van der Waals surface area contributed by atoms with Crippen molar-refractivity contribution in [3.8, 4) is 6.07 Å². The van der Waals surface area contributed by atoms with Crippen LogP contribution in [0.5, 0.6) is 0 Å². The summed E-state index contributed by atoms with van der Waals surface area (Å²) in [5, 5.41) is 44.1. The van der Waals surface area contributed by atoms with Crippen LogP contribution in [0.25, 0.3) is 5.52 Å². The second-order valence-electron chi connectivity index (χ2n) is 5.50. The van der Waals surface area contributed by atoms with E-state index in [0.29, 0.717) is 11.2 Å². The van der Waals surface area contributed by atoms with Crippen LogP contribution in [0.15, 0.2) is 24.4 Å². The third-order valence-electron chi connectivity index (χ3n) is 4.25. The van der Waals surface area contributed by atoms with Crippen LogP contribution in [0.3, 0.4) is 0 Å². The quantitative estimate of drug-likeness (QED) is 0.546. The lowest BCUT2D eigenvalue weighted by molar-refractivity contribution is -0.122. The third-order valence-corrected chi connectivity index (χ3v) is 4.70. The molecule has 0 bridgehead atoms. The number of hydrogen-bond donors (Lipinski definition) is 4. The molecule has 1 saturated heterocycles. The van der Waals surface area contributed by atoms with Gasteiger partial charge >= 0.3 is 0 Å². The van der Waals surface area contributed by atoms with Gasteiger partial charge in [-0.3, -0.25) is 0 Å². The highest BCUT2D eigenvalue weighted by molar-refractivity contribution is 6.18. The molecule has 23 heavy (non-hydrogen) atoms. The minimum Gasteiger partial charge on any atom is -0.397 e. The zero-order chi connectivity index (χ0) is 16.8. The van der Waals surface area contributed by atoms with Crippen molar-refractivity contribution in [2.75, 3.05) is 18.2 Å². The molecule has 4 atom stereocenters. The van der Waals surface area contributed by atoms with E-state index in [4.69, 9.17) is 22.1 Å². The van der Waals surface area contributed by atoms with Crippen LogP contribution in [0.1, 0.15) is 5.69 Å². The summed E-state index contributed by atoms with van der Waals surface area (Å²) in [6.45, 7) is -0.656. The highest BCUT2D eigenvalue weighted by Gasteiger charge is 2.64. The van der Waals surface area contributed by atoms with Gasteiger partial charge in [-0.2, -0.15) is 10.4 Å². The molecule has 2 aromatic heterocycles. The zero-order valence-corrected chi connectivity index (χ0v) is 12.7. The van der Waals surface area contributed by atoms with Crippen LogP contribution < -0.4 is 5.73 Å². The molecule has 8 nitrogen and oxygen atoms in total. The molecule has 0 aliphatic carbocycles. The molecule has 0 saturated carbocycles. The van der Waals surface area contributed by atoms with E-state index in [9.17, 15) is 20.6 Å². The summed E-state index contributed by atoms with van der Waals surface area (Å²) >= 11 is 5.81. The maximum absolute atomic E-state index is 10.5. The van der Waals surface area contributed by atoms with Crippen LogP contribution >= 0.6 is 11.6 Å². The Morgan fingerprint density at radius 3 is 2.70 bits per heavy atom. The molecule has 0 aromatic carbocycles. The fourth-order valence-electron chi connectivity index (χ4n) is 2.89. The average molecular weight is 339 g/mol. The summed E-state index contributed by atoms with van der Waals surface area (Å²) in [5.41, 5.74) is 3.41. The lowest BCUT2D eigenvalue weighted by Gasteiger charge is -2.28. The summed E-state index contributed by atoms with van der Waals surface area (Å²) in [6, 6.07) is 6.64. The van der Waals surface area contributed by atoms with Gasteiger partial charge < -0.3 is 25.8 Å². The maximum Gasteiger partial charge on any atom is 0.225 e. The maximum atomic E-state index is 10.5. The average Bonchev–Trinajstić information content (AvgIpc) is 3.09. The van der Waals surface area contributed by atoms with Crippen LogP contribution in [-0.2, 0) is 10.3 Å². The van der Waals surface area contributed by atoms with Crippen LogP contribution in [0, 0.1) is 11.3 Å². The summed E-state index contributed by atoms with van der Waals surface area (Å²) in [6.07, 6.45) is -1.73. The Bertz CT molecular complexity index is 785. The van der Waals surface area contributed by atoms with Gasteiger partial charge in [0.05, 0.1) is 29.4 Å². The zero-order valence-electron chi connectivity index (χ0n) is 11.9. The predicted octanol–water partition coefficient (Wildman–Crippen LogP) is -0.643. The van der Waals surface area contributed by atoms with Gasteiger partial charge in [0.1, 0.15) is 23.9 Å². The smallest absolute Gasteiger partial charge is 0.225 e. The van der Waals surface area contributed by atoms with Crippen molar-refractivity contribution >= 4 is 22.8 Å². The van der Waals surface area contributed by atoms with Gasteiger partial charge in [0.25, 0.3) is 0 Å². The van der Waals surface area contributed by atoms with Gasteiger partial charge in [-0.25, -0.2) is 4.52 Å². The first kappa shape index (κ1) is 16.0. The first-order chi connectivity index (χ1) is 11.0. The highest BCUT2D eigenvalue weighted by atomic mass is 35.5. The molecule has 5 N–H and O–H groups in total. The van der Waals surface area contributed by atoms with E-state index < -0.39 is 30.0 Å². The van der Waals surface area contributed by atoms with Crippen molar-refractivity contribution in [2.45, 2.75) is 23.4 Å². The molecule has 0 unspecified atom stereocenters. The van der Waals surface area contributed by atoms with Crippen molar-refractivity contribution in [1.29, 1.82) is 5.26 Å². The van der Waals surface area contributed by atoms with E-state index in [1.54, 1.807) is 12.1 Å². The Labute approximate surface area is 136 Å². The number of fused-ring (bicyclic) bond motifs is 1. The number of aliphatic hydroxyl groups excluding tert-OH is 3. The monoisotopic (exact) mass is 338 g/mol. The van der Waals surface area contributed by atoms with Crippen LogP contribution in [0.4, 0.5) is 5.69 Å². The third kappa shape index (κ3) is 1.95. The highest BCUT2D eigenvalue weighted by Crippen LogP contribution is 2.45. The van der Waals surface area contributed by atoms with Gasteiger partial charge in [0.2, 0.25) is 5.60 Å². The second kappa shape index (κ2) is 5.33. The van der Waals surface area contributed by atoms with Gasteiger partial charge in [-0.15, -0.1) is 11.6 Å². The Morgan fingerprint density at radius 2 is 2.13 bits per heavy atom. The summed E-state index contributed by atoms with van der Waals surface area (Å²) in [7, 11) is 0. The molecular weight excluding hydrogens is 324 g/mol. The standard InChI is InChI=1S/C14H15ClN4O4/c15-5-13(7-20)11(21)12(22)14(6-16,23-13)10-2-1-9-8(17)3-4-18-19(9)10/h1-4,11-12,20-22H,5,7,17H2/t11-,12+,13+,14-/m0/s1. The number of nitrogens with zero attached hydrogens (tertiary/aromatic N) is 3. The molecule has 1 aliphatic rings. The molecular formula is C14H15ClN4O4. The number of alkyl halides is 1. The van der Waals surface area contributed by atoms with Crippen molar-refractivity contribution in [1.82, 2.24) is 9.61 Å². The van der Waals surface area contributed by atoms with E-state index >= 15 is 0 Å². The normalized spacial score (nSPS) is 33.9. The Balaban J connectivity index is 2.23. The number of aromatic nitrogens is 2. The van der Waals surface area contributed by atoms with Crippen LogP contribution in [0.2, 0.25) is 0 Å². The van der Waals surface area contributed by atoms with Gasteiger partial charge in [-0.1, -0.05) is 0 Å². The number of anilines is 1. The number of hydrogen-bond acceptors (Lipinski definition) is 7. The van der Waals surface area contributed by atoms with Gasteiger partial charge in [0, 0.05) is 6.20 Å². The minimum absolute atomic E-state index is 0.189.